The van der Waals surface area contributed by atoms with E-state index < -0.39 is 0 Å². The van der Waals surface area contributed by atoms with Gasteiger partial charge in [0.2, 0.25) is 0 Å². The highest BCUT2D eigenvalue weighted by Gasteiger charge is 2.30. The Balaban J connectivity index is 1.87. The summed E-state index contributed by atoms with van der Waals surface area (Å²) in [6, 6.07) is 4.06. The molecular formula is C24H31N3O3. The topological polar surface area (TPSA) is 56.6 Å². The number of nitrogens with zero attached hydrogens (tertiary/aromatic N) is 3. The highest BCUT2D eigenvalue weighted by molar-refractivity contribution is 5.94. The number of ether oxygens (including phenoxy) is 2. The summed E-state index contributed by atoms with van der Waals surface area (Å²) < 4.78 is 13.2. The molecule has 160 valence electrons. The lowest BCUT2D eigenvalue weighted by atomic mass is 9.98. The Morgan fingerprint density at radius 1 is 1.00 bits per heavy atom. The van der Waals surface area contributed by atoms with Gasteiger partial charge >= 0.3 is 0 Å². The number of carbonyl (C=O) groups is 1. The molecule has 0 aliphatic carbocycles. The van der Waals surface area contributed by atoms with Crippen molar-refractivity contribution in [2.24, 2.45) is 0 Å². The van der Waals surface area contributed by atoms with Crippen molar-refractivity contribution in [2.45, 2.75) is 52.0 Å². The van der Waals surface area contributed by atoms with E-state index in [0.717, 1.165) is 73.6 Å². The molecule has 0 spiro atoms. The number of carbonyl (C=O) groups excluding carboxylic acids is 1. The van der Waals surface area contributed by atoms with Crippen LogP contribution in [0.3, 0.4) is 0 Å². The molecule has 1 amide bonds. The number of hydrogen-bond donors (Lipinski definition) is 0. The van der Waals surface area contributed by atoms with Crippen molar-refractivity contribution in [2.75, 3.05) is 27.3 Å². The SMILES string of the molecule is C=C(C)c1nc(C(=O)N2CCCCCC2)n2c1-c1cc(OC)c(OC)cc1CCC2. The summed E-state index contributed by atoms with van der Waals surface area (Å²) in [5.74, 6) is 1.98. The average Bonchev–Trinajstić information content (AvgIpc) is 2.90. The first-order valence-corrected chi connectivity index (χ1v) is 10.9. The van der Waals surface area contributed by atoms with Crippen LogP contribution in [0.25, 0.3) is 16.8 Å². The number of amides is 1. The maximum Gasteiger partial charge on any atom is 0.289 e. The molecule has 6 nitrogen and oxygen atoms in total. The fraction of sp³-hybridized carbons (Fsp3) is 0.500. The standard InChI is InChI=1S/C24H31N3O3/c1-16(2)21-22-18-15-20(30-4)19(29-3)14-17(18)10-9-13-27(22)23(25-21)24(28)26-11-7-5-6-8-12-26/h14-15H,1,5-13H2,2-4H3. The first kappa shape index (κ1) is 20.5. The first-order chi connectivity index (χ1) is 14.5. The maximum atomic E-state index is 13.5. The van der Waals surface area contributed by atoms with E-state index in [0.29, 0.717) is 11.6 Å². The number of methoxy groups -OCH3 is 2. The molecular weight excluding hydrogens is 378 g/mol. The van der Waals surface area contributed by atoms with Crippen LogP contribution in [-0.2, 0) is 13.0 Å². The quantitative estimate of drug-likeness (QED) is 0.743. The summed E-state index contributed by atoms with van der Waals surface area (Å²) in [5.41, 5.74) is 4.85. The van der Waals surface area contributed by atoms with Gasteiger partial charge in [-0.3, -0.25) is 4.79 Å². The normalized spacial score (nSPS) is 16.2. The van der Waals surface area contributed by atoms with Crippen molar-refractivity contribution < 1.29 is 14.3 Å². The van der Waals surface area contributed by atoms with Crippen molar-refractivity contribution >= 4 is 11.5 Å². The first-order valence-electron chi connectivity index (χ1n) is 10.9. The second kappa shape index (κ2) is 8.54. The molecule has 2 aliphatic heterocycles. The van der Waals surface area contributed by atoms with Crippen LogP contribution in [0.5, 0.6) is 11.5 Å². The zero-order valence-corrected chi connectivity index (χ0v) is 18.3. The number of hydrogen-bond acceptors (Lipinski definition) is 4. The molecule has 1 saturated heterocycles. The van der Waals surface area contributed by atoms with E-state index in [4.69, 9.17) is 14.5 Å². The Hall–Kier alpha value is -2.76. The lowest BCUT2D eigenvalue weighted by Gasteiger charge is -2.20. The minimum atomic E-state index is 0.0366. The number of likely N-dealkylation sites (tertiary alicyclic amines) is 1. The second-order valence-electron chi connectivity index (χ2n) is 8.24. The maximum absolute atomic E-state index is 13.5. The monoisotopic (exact) mass is 409 g/mol. The number of rotatable bonds is 4. The van der Waals surface area contributed by atoms with Gasteiger partial charge in [-0.2, -0.15) is 0 Å². The summed E-state index contributed by atoms with van der Waals surface area (Å²) in [6.07, 6.45) is 6.34. The molecule has 3 heterocycles. The predicted molar refractivity (Wildman–Crippen MR) is 118 cm³/mol. The largest absolute Gasteiger partial charge is 0.493 e. The number of imidazole rings is 1. The van der Waals surface area contributed by atoms with Gasteiger partial charge in [0.15, 0.2) is 17.3 Å². The van der Waals surface area contributed by atoms with E-state index in [9.17, 15) is 4.79 Å². The molecule has 6 heteroatoms. The Bertz CT molecular complexity index is 969. The van der Waals surface area contributed by atoms with Gasteiger partial charge in [-0.05, 0) is 55.9 Å². The number of fused-ring (bicyclic) bond motifs is 3. The van der Waals surface area contributed by atoms with Crippen molar-refractivity contribution in [1.29, 1.82) is 0 Å². The van der Waals surface area contributed by atoms with Gasteiger partial charge in [0.1, 0.15) is 0 Å². The van der Waals surface area contributed by atoms with E-state index in [1.165, 1.54) is 18.4 Å². The van der Waals surface area contributed by atoms with Crippen molar-refractivity contribution in [3.05, 3.63) is 35.8 Å². The van der Waals surface area contributed by atoms with Crippen LogP contribution >= 0.6 is 0 Å². The minimum absolute atomic E-state index is 0.0366. The zero-order chi connectivity index (χ0) is 21.3. The number of aromatic nitrogens is 2. The van der Waals surface area contributed by atoms with E-state index in [2.05, 4.69) is 17.2 Å². The average molecular weight is 410 g/mol. The summed E-state index contributed by atoms with van der Waals surface area (Å²) in [6.45, 7) is 8.48. The molecule has 0 N–H and O–H groups in total. The molecule has 2 aromatic rings. The summed E-state index contributed by atoms with van der Waals surface area (Å²) in [4.78, 5) is 20.3. The molecule has 0 bridgehead atoms. The predicted octanol–water partition coefficient (Wildman–Crippen LogP) is 4.56. The molecule has 0 saturated carbocycles. The van der Waals surface area contributed by atoms with Gasteiger partial charge in [0, 0.05) is 25.2 Å². The minimum Gasteiger partial charge on any atom is -0.493 e. The molecule has 0 atom stereocenters. The number of allylic oxidation sites excluding steroid dienone is 1. The van der Waals surface area contributed by atoms with E-state index >= 15 is 0 Å². The summed E-state index contributed by atoms with van der Waals surface area (Å²) in [7, 11) is 3.30. The Labute approximate surface area is 178 Å². The molecule has 4 rings (SSSR count). The van der Waals surface area contributed by atoms with Crippen molar-refractivity contribution in [3.63, 3.8) is 0 Å². The third-order valence-electron chi connectivity index (χ3n) is 6.15. The molecule has 30 heavy (non-hydrogen) atoms. The Morgan fingerprint density at radius 2 is 1.67 bits per heavy atom. The highest BCUT2D eigenvalue weighted by Crippen LogP contribution is 2.41. The number of aryl methyl sites for hydroxylation is 1. The van der Waals surface area contributed by atoms with Crippen LogP contribution < -0.4 is 9.47 Å². The third kappa shape index (κ3) is 3.59. The van der Waals surface area contributed by atoms with Gasteiger partial charge in [-0.25, -0.2) is 4.98 Å². The molecule has 0 unspecified atom stereocenters. The van der Waals surface area contributed by atoms with Gasteiger partial charge in [-0.1, -0.05) is 19.4 Å². The molecule has 1 aromatic heterocycles. The summed E-state index contributed by atoms with van der Waals surface area (Å²) in [5, 5.41) is 0. The Kier molecular flexibility index (Phi) is 5.84. The van der Waals surface area contributed by atoms with Crippen LogP contribution in [0.4, 0.5) is 0 Å². The van der Waals surface area contributed by atoms with Crippen LogP contribution in [0.2, 0.25) is 0 Å². The van der Waals surface area contributed by atoms with E-state index in [1.807, 2.05) is 17.9 Å². The Morgan fingerprint density at radius 3 is 2.30 bits per heavy atom. The molecule has 0 radical (unpaired) electrons. The van der Waals surface area contributed by atoms with Crippen LogP contribution in [-0.4, -0.2) is 47.7 Å². The van der Waals surface area contributed by atoms with Crippen LogP contribution in [0.15, 0.2) is 18.7 Å². The van der Waals surface area contributed by atoms with Crippen molar-refractivity contribution in [1.82, 2.24) is 14.5 Å². The number of benzene rings is 1. The van der Waals surface area contributed by atoms with E-state index in [1.54, 1.807) is 14.2 Å². The molecule has 2 aliphatic rings. The van der Waals surface area contributed by atoms with Gasteiger partial charge < -0.3 is 18.9 Å². The van der Waals surface area contributed by atoms with Crippen molar-refractivity contribution in [3.8, 4) is 22.8 Å². The van der Waals surface area contributed by atoms with Crippen LogP contribution in [0, 0.1) is 0 Å². The van der Waals surface area contributed by atoms with Gasteiger partial charge in [-0.15, -0.1) is 0 Å². The van der Waals surface area contributed by atoms with Gasteiger partial charge in [0.05, 0.1) is 25.6 Å². The smallest absolute Gasteiger partial charge is 0.289 e. The highest BCUT2D eigenvalue weighted by atomic mass is 16.5. The second-order valence-corrected chi connectivity index (χ2v) is 8.24. The van der Waals surface area contributed by atoms with Gasteiger partial charge in [0.25, 0.3) is 5.91 Å². The lowest BCUT2D eigenvalue weighted by Crippen LogP contribution is -2.34. The van der Waals surface area contributed by atoms with E-state index in [-0.39, 0.29) is 5.91 Å². The van der Waals surface area contributed by atoms with Crippen LogP contribution in [0.1, 0.15) is 60.9 Å². The third-order valence-corrected chi connectivity index (χ3v) is 6.15. The lowest BCUT2D eigenvalue weighted by molar-refractivity contribution is 0.0744. The molecule has 1 fully saturated rings. The fourth-order valence-corrected chi connectivity index (χ4v) is 4.60. The molecule has 1 aromatic carbocycles. The summed E-state index contributed by atoms with van der Waals surface area (Å²) >= 11 is 0. The zero-order valence-electron chi connectivity index (χ0n) is 18.3. The fourth-order valence-electron chi connectivity index (χ4n) is 4.60.